The van der Waals surface area contributed by atoms with Gasteiger partial charge in [-0.1, -0.05) is 12.1 Å². The van der Waals surface area contributed by atoms with Gasteiger partial charge in [-0.25, -0.2) is 4.98 Å². The molecule has 1 N–H and O–H groups in total. The van der Waals surface area contributed by atoms with E-state index in [4.69, 9.17) is 5.11 Å². The molecule has 6 heteroatoms. The number of hydrogen-bond acceptors (Lipinski definition) is 4. The first kappa shape index (κ1) is 14.0. The van der Waals surface area contributed by atoms with Gasteiger partial charge in [0.05, 0.1) is 15.2 Å². The maximum atomic E-state index is 12.2. The van der Waals surface area contributed by atoms with Crippen LogP contribution >= 0.6 is 11.3 Å². The monoisotopic (exact) mass is 304 g/mol. The SMILES string of the molecule is O=C(O)CN(C(=O)CCc1nc2ccccc2s1)C1CC1. The van der Waals surface area contributed by atoms with Crippen molar-refractivity contribution in [3.05, 3.63) is 29.3 Å². The number of fused-ring (bicyclic) bond motifs is 1. The van der Waals surface area contributed by atoms with Gasteiger partial charge in [-0.05, 0) is 25.0 Å². The van der Waals surface area contributed by atoms with Gasteiger partial charge < -0.3 is 10.0 Å². The van der Waals surface area contributed by atoms with Crippen LogP contribution in [0.2, 0.25) is 0 Å². The number of aromatic nitrogens is 1. The number of nitrogens with zero attached hydrogens (tertiary/aromatic N) is 2. The van der Waals surface area contributed by atoms with Gasteiger partial charge in [-0.3, -0.25) is 9.59 Å². The zero-order chi connectivity index (χ0) is 14.8. The molecule has 0 atom stereocenters. The number of thiazole rings is 1. The summed E-state index contributed by atoms with van der Waals surface area (Å²) in [6, 6.07) is 8.01. The second-order valence-electron chi connectivity index (χ2n) is 5.22. The molecule has 0 unspecified atom stereocenters. The zero-order valence-electron chi connectivity index (χ0n) is 11.5. The van der Waals surface area contributed by atoms with Crippen molar-refractivity contribution in [3.8, 4) is 0 Å². The predicted octanol–water partition coefficient (Wildman–Crippen LogP) is 2.30. The minimum Gasteiger partial charge on any atom is -0.480 e. The minimum atomic E-state index is -0.949. The number of rotatable bonds is 6. The van der Waals surface area contributed by atoms with E-state index in [1.807, 2.05) is 24.3 Å². The van der Waals surface area contributed by atoms with Crippen LogP contribution in [0.5, 0.6) is 0 Å². The number of carbonyl (C=O) groups is 2. The summed E-state index contributed by atoms with van der Waals surface area (Å²) in [4.78, 5) is 29.0. The second kappa shape index (κ2) is 5.81. The Hall–Kier alpha value is -1.95. The molecule has 1 aromatic heterocycles. The van der Waals surface area contributed by atoms with E-state index in [-0.39, 0.29) is 18.5 Å². The van der Waals surface area contributed by atoms with Crippen molar-refractivity contribution in [2.24, 2.45) is 0 Å². The summed E-state index contributed by atoms with van der Waals surface area (Å²) >= 11 is 1.59. The van der Waals surface area contributed by atoms with Crippen LogP contribution in [0.3, 0.4) is 0 Å². The largest absolute Gasteiger partial charge is 0.480 e. The average Bonchev–Trinajstić information content (AvgIpc) is 3.21. The number of hydrogen-bond donors (Lipinski definition) is 1. The molecule has 3 rings (SSSR count). The standard InChI is InChI=1S/C15H16N2O3S/c18-14(17(9-15(19)20)10-5-6-10)8-7-13-16-11-3-1-2-4-12(11)21-13/h1-4,10H,5-9H2,(H,19,20). The molecule has 0 bridgehead atoms. The number of amides is 1. The molecule has 0 spiro atoms. The minimum absolute atomic E-state index is 0.0841. The third-order valence-electron chi connectivity index (χ3n) is 3.50. The molecule has 110 valence electrons. The van der Waals surface area contributed by atoms with Gasteiger partial charge in [-0.2, -0.15) is 0 Å². The molecule has 21 heavy (non-hydrogen) atoms. The van der Waals surface area contributed by atoms with Gasteiger partial charge in [0.2, 0.25) is 5.91 Å². The molecule has 0 radical (unpaired) electrons. The van der Waals surface area contributed by atoms with E-state index in [2.05, 4.69) is 4.98 Å². The van der Waals surface area contributed by atoms with Crippen LogP contribution in [0.15, 0.2) is 24.3 Å². The average molecular weight is 304 g/mol. The Kier molecular flexibility index (Phi) is 3.88. The number of para-hydroxylation sites is 1. The Labute approximate surface area is 126 Å². The van der Waals surface area contributed by atoms with Crippen molar-refractivity contribution in [1.82, 2.24) is 9.88 Å². The number of carboxylic acid groups (broad SMARTS) is 1. The quantitative estimate of drug-likeness (QED) is 0.889. The molecule has 1 amide bonds. The second-order valence-corrected chi connectivity index (χ2v) is 6.34. The molecule has 1 fully saturated rings. The lowest BCUT2D eigenvalue weighted by molar-refractivity contribution is -0.144. The smallest absolute Gasteiger partial charge is 0.323 e. The molecule has 0 aliphatic heterocycles. The Balaban J connectivity index is 1.62. The first-order valence-corrected chi connectivity index (χ1v) is 7.81. The van der Waals surface area contributed by atoms with Gasteiger partial charge >= 0.3 is 5.97 Å². The Morgan fingerprint density at radius 1 is 1.33 bits per heavy atom. The summed E-state index contributed by atoms with van der Waals surface area (Å²) in [5.74, 6) is -1.03. The molecule has 1 aliphatic rings. The number of benzene rings is 1. The lowest BCUT2D eigenvalue weighted by atomic mass is 10.2. The Bertz CT molecular complexity index is 645. The van der Waals surface area contributed by atoms with Crippen molar-refractivity contribution >= 4 is 33.4 Å². The van der Waals surface area contributed by atoms with Crippen LogP contribution in [-0.2, 0) is 16.0 Å². The third kappa shape index (κ3) is 3.39. The lowest BCUT2D eigenvalue weighted by Crippen LogP contribution is -2.37. The summed E-state index contributed by atoms with van der Waals surface area (Å²) in [7, 11) is 0. The van der Waals surface area contributed by atoms with Gasteiger partial charge in [-0.15, -0.1) is 11.3 Å². The van der Waals surface area contributed by atoms with E-state index < -0.39 is 5.97 Å². The molecule has 1 saturated carbocycles. The maximum Gasteiger partial charge on any atom is 0.323 e. The first-order chi connectivity index (χ1) is 10.1. The Morgan fingerprint density at radius 2 is 2.10 bits per heavy atom. The van der Waals surface area contributed by atoms with E-state index >= 15 is 0 Å². The highest BCUT2D eigenvalue weighted by Gasteiger charge is 2.33. The molecule has 1 aromatic carbocycles. The molecule has 1 heterocycles. The fraction of sp³-hybridized carbons (Fsp3) is 0.400. The zero-order valence-corrected chi connectivity index (χ0v) is 12.3. The van der Waals surface area contributed by atoms with Crippen LogP contribution in [0.1, 0.15) is 24.3 Å². The number of aliphatic carboxylic acids is 1. The van der Waals surface area contributed by atoms with Crippen LogP contribution in [0.4, 0.5) is 0 Å². The summed E-state index contributed by atoms with van der Waals surface area (Å²) in [6.45, 7) is -0.191. The van der Waals surface area contributed by atoms with Gasteiger partial charge in [0.1, 0.15) is 6.54 Å². The van der Waals surface area contributed by atoms with Crippen molar-refractivity contribution in [1.29, 1.82) is 0 Å². The van der Waals surface area contributed by atoms with Crippen molar-refractivity contribution < 1.29 is 14.7 Å². The lowest BCUT2D eigenvalue weighted by Gasteiger charge is -2.19. The summed E-state index contributed by atoms with van der Waals surface area (Å²) in [6.07, 6.45) is 2.73. The van der Waals surface area contributed by atoms with Crippen molar-refractivity contribution in [3.63, 3.8) is 0 Å². The van der Waals surface area contributed by atoms with Crippen LogP contribution < -0.4 is 0 Å². The number of carbonyl (C=O) groups excluding carboxylic acids is 1. The molecule has 5 nitrogen and oxygen atoms in total. The van der Waals surface area contributed by atoms with E-state index in [9.17, 15) is 9.59 Å². The normalized spacial score (nSPS) is 14.3. The number of carboxylic acids is 1. The molecular formula is C15H16N2O3S. The molecular weight excluding hydrogens is 288 g/mol. The van der Waals surface area contributed by atoms with Crippen molar-refractivity contribution in [2.75, 3.05) is 6.54 Å². The third-order valence-corrected chi connectivity index (χ3v) is 4.60. The molecule has 2 aromatic rings. The summed E-state index contributed by atoms with van der Waals surface area (Å²) < 4.78 is 1.12. The Morgan fingerprint density at radius 3 is 2.76 bits per heavy atom. The predicted molar refractivity (Wildman–Crippen MR) is 80.3 cm³/mol. The first-order valence-electron chi connectivity index (χ1n) is 6.99. The van der Waals surface area contributed by atoms with Gasteiger partial charge in [0, 0.05) is 18.9 Å². The number of aryl methyl sites for hydroxylation is 1. The van der Waals surface area contributed by atoms with Crippen molar-refractivity contribution in [2.45, 2.75) is 31.7 Å². The van der Waals surface area contributed by atoms with E-state index in [1.54, 1.807) is 11.3 Å². The van der Waals surface area contributed by atoms with Crippen LogP contribution in [0.25, 0.3) is 10.2 Å². The summed E-state index contributed by atoms with van der Waals surface area (Å²) in [5.41, 5.74) is 0.953. The highest BCUT2D eigenvalue weighted by molar-refractivity contribution is 7.18. The van der Waals surface area contributed by atoms with Gasteiger partial charge in [0.25, 0.3) is 0 Å². The van der Waals surface area contributed by atoms with Crippen LogP contribution in [-0.4, -0.2) is 39.5 Å². The van der Waals surface area contributed by atoms with Gasteiger partial charge in [0.15, 0.2) is 0 Å². The van der Waals surface area contributed by atoms with Crippen LogP contribution in [0, 0.1) is 0 Å². The van der Waals surface area contributed by atoms with E-state index in [0.717, 1.165) is 28.1 Å². The maximum absolute atomic E-state index is 12.2. The topological polar surface area (TPSA) is 70.5 Å². The van der Waals surface area contributed by atoms with E-state index in [0.29, 0.717) is 12.8 Å². The highest BCUT2D eigenvalue weighted by atomic mass is 32.1. The fourth-order valence-corrected chi connectivity index (χ4v) is 3.30. The molecule has 1 aliphatic carbocycles. The summed E-state index contributed by atoms with van der Waals surface area (Å²) in [5, 5.41) is 9.81. The fourth-order valence-electron chi connectivity index (χ4n) is 2.34. The highest BCUT2D eigenvalue weighted by Crippen LogP contribution is 2.28. The molecule has 0 saturated heterocycles. The van der Waals surface area contributed by atoms with E-state index in [1.165, 1.54) is 4.90 Å².